The highest BCUT2D eigenvalue weighted by Crippen LogP contribution is 2.31. The Morgan fingerprint density at radius 2 is 1.66 bits per heavy atom. The number of methoxy groups -OCH3 is 2. The third kappa shape index (κ3) is 4.71. The molecule has 2 amide bonds. The average Bonchev–Trinajstić information content (AvgIpc) is 2.76. The van der Waals surface area contributed by atoms with Gasteiger partial charge < -0.3 is 29.1 Å². The molecule has 1 fully saturated rings. The Morgan fingerprint density at radius 1 is 0.966 bits per heavy atom. The summed E-state index contributed by atoms with van der Waals surface area (Å²) in [4.78, 5) is 28.6. The zero-order chi connectivity index (χ0) is 20.8. The first-order valence-corrected chi connectivity index (χ1v) is 9.23. The molecule has 0 aliphatic carbocycles. The molecule has 3 rings (SSSR count). The summed E-state index contributed by atoms with van der Waals surface area (Å²) in [5, 5.41) is 9.44. The van der Waals surface area contributed by atoms with Crippen molar-refractivity contribution in [2.24, 2.45) is 0 Å². The van der Waals surface area contributed by atoms with E-state index in [4.69, 9.17) is 14.2 Å². The van der Waals surface area contributed by atoms with Gasteiger partial charge in [0, 0.05) is 32.2 Å². The fourth-order valence-electron chi connectivity index (χ4n) is 3.19. The normalized spacial score (nSPS) is 13.7. The standard InChI is InChI=1S/C21H24N2O6/c1-27-18-8-4-7-17(20(18)28-2)21(26)23-11-9-22(10-12-23)19(25)14-29-16-6-3-5-15(24)13-16/h3-8,13,24H,9-12,14H2,1-2H3. The zero-order valence-corrected chi connectivity index (χ0v) is 16.5. The first-order chi connectivity index (χ1) is 14.0. The van der Waals surface area contributed by atoms with Crippen LogP contribution in [-0.2, 0) is 4.79 Å². The number of hydrogen-bond donors (Lipinski definition) is 1. The van der Waals surface area contributed by atoms with Gasteiger partial charge in [0.05, 0.1) is 19.8 Å². The van der Waals surface area contributed by atoms with Crippen LogP contribution in [0.2, 0.25) is 0 Å². The second-order valence-corrected chi connectivity index (χ2v) is 6.50. The number of para-hydroxylation sites is 1. The highest BCUT2D eigenvalue weighted by molar-refractivity contribution is 5.98. The van der Waals surface area contributed by atoms with Crippen LogP contribution in [0.25, 0.3) is 0 Å². The molecule has 0 unspecified atom stereocenters. The second-order valence-electron chi connectivity index (χ2n) is 6.50. The van der Waals surface area contributed by atoms with E-state index in [2.05, 4.69) is 0 Å². The van der Waals surface area contributed by atoms with Crippen molar-refractivity contribution >= 4 is 11.8 Å². The first kappa shape index (κ1) is 20.3. The van der Waals surface area contributed by atoms with Gasteiger partial charge in [-0.1, -0.05) is 12.1 Å². The molecule has 0 atom stereocenters. The predicted molar refractivity (Wildman–Crippen MR) is 106 cm³/mol. The lowest BCUT2D eigenvalue weighted by Crippen LogP contribution is -2.51. The molecule has 0 saturated carbocycles. The molecule has 1 aliphatic heterocycles. The minimum absolute atomic E-state index is 0.0787. The number of phenolic OH excluding ortho intramolecular Hbond substituents is 1. The Morgan fingerprint density at radius 3 is 2.31 bits per heavy atom. The molecule has 0 radical (unpaired) electrons. The fourth-order valence-corrected chi connectivity index (χ4v) is 3.19. The molecular formula is C21H24N2O6. The molecule has 0 aromatic heterocycles. The van der Waals surface area contributed by atoms with Crippen LogP contribution >= 0.6 is 0 Å². The summed E-state index contributed by atoms with van der Waals surface area (Å²) in [6.07, 6.45) is 0. The predicted octanol–water partition coefficient (Wildman–Crippen LogP) is 1.77. The van der Waals surface area contributed by atoms with E-state index in [9.17, 15) is 14.7 Å². The number of aromatic hydroxyl groups is 1. The van der Waals surface area contributed by atoms with Crippen molar-refractivity contribution in [2.75, 3.05) is 47.0 Å². The molecule has 2 aromatic rings. The third-order valence-electron chi connectivity index (χ3n) is 4.73. The van der Waals surface area contributed by atoms with E-state index in [0.29, 0.717) is 49.0 Å². The summed E-state index contributed by atoms with van der Waals surface area (Å²) in [5.74, 6) is 1.07. The summed E-state index contributed by atoms with van der Waals surface area (Å²) < 4.78 is 16.0. The number of ether oxygens (including phenoxy) is 3. The van der Waals surface area contributed by atoms with Gasteiger partial charge in [-0.05, 0) is 24.3 Å². The van der Waals surface area contributed by atoms with Gasteiger partial charge in [-0.15, -0.1) is 0 Å². The van der Waals surface area contributed by atoms with E-state index in [1.54, 1.807) is 40.1 Å². The topological polar surface area (TPSA) is 88.5 Å². The van der Waals surface area contributed by atoms with Crippen LogP contribution in [0.4, 0.5) is 0 Å². The molecular weight excluding hydrogens is 376 g/mol. The van der Waals surface area contributed by atoms with E-state index in [-0.39, 0.29) is 24.2 Å². The van der Waals surface area contributed by atoms with Gasteiger partial charge in [0.25, 0.3) is 11.8 Å². The molecule has 29 heavy (non-hydrogen) atoms. The largest absolute Gasteiger partial charge is 0.508 e. The number of benzene rings is 2. The lowest BCUT2D eigenvalue weighted by Gasteiger charge is -2.35. The van der Waals surface area contributed by atoms with Crippen molar-refractivity contribution in [1.82, 2.24) is 9.80 Å². The molecule has 8 heteroatoms. The molecule has 8 nitrogen and oxygen atoms in total. The van der Waals surface area contributed by atoms with Crippen molar-refractivity contribution in [2.45, 2.75) is 0 Å². The average molecular weight is 400 g/mol. The Bertz CT molecular complexity index is 877. The van der Waals surface area contributed by atoms with Gasteiger partial charge in [-0.3, -0.25) is 9.59 Å². The highest BCUT2D eigenvalue weighted by atomic mass is 16.5. The molecule has 0 spiro atoms. The van der Waals surface area contributed by atoms with Crippen molar-refractivity contribution in [3.8, 4) is 23.0 Å². The summed E-state index contributed by atoms with van der Waals surface area (Å²) in [6.45, 7) is 1.54. The van der Waals surface area contributed by atoms with Crippen LogP contribution in [0.5, 0.6) is 23.0 Å². The summed E-state index contributed by atoms with van der Waals surface area (Å²) >= 11 is 0. The van der Waals surface area contributed by atoms with Crippen LogP contribution in [-0.4, -0.2) is 73.7 Å². The van der Waals surface area contributed by atoms with Crippen molar-refractivity contribution in [3.63, 3.8) is 0 Å². The lowest BCUT2D eigenvalue weighted by molar-refractivity contribution is -0.134. The van der Waals surface area contributed by atoms with Crippen LogP contribution in [0.1, 0.15) is 10.4 Å². The van der Waals surface area contributed by atoms with Gasteiger partial charge in [0.2, 0.25) is 0 Å². The number of carbonyl (C=O) groups excluding carboxylic acids is 2. The molecule has 0 bridgehead atoms. The maximum absolute atomic E-state index is 12.9. The number of rotatable bonds is 6. The van der Waals surface area contributed by atoms with E-state index in [1.165, 1.54) is 26.4 Å². The minimum Gasteiger partial charge on any atom is -0.508 e. The van der Waals surface area contributed by atoms with E-state index in [1.807, 2.05) is 0 Å². The number of amides is 2. The molecule has 1 heterocycles. The Hall–Kier alpha value is -3.42. The van der Waals surface area contributed by atoms with Crippen molar-refractivity contribution < 1.29 is 28.9 Å². The van der Waals surface area contributed by atoms with E-state index < -0.39 is 0 Å². The van der Waals surface area contributed by atoms with Gasteiger partial charge in [0.1, 0.15) is 11.5 Å². The van der Waals surface area contributed by atoms with Gasteiger partial charge >= 0.3 is 0 Å². The summed E-state index contributed by atoms with van der Waals surface area (Å²) in [5.41, 5.74) is 0.429. The maximum atomic E-state index is 12.9. The molecule has 1 aliphatic rings. The number of phenols is 1. The van der Waals surface area contributed by atoms with Gasteiger partial charge in [-0.2, -0.15) is 0 Å². The highest BCUT2D eigenvalue weighted by Gasteiger charge is 2.27. The quantitative estimate of drug-likeness (QED) is 0.795. The number of carbonyl (C=O) groups is 2. The number of nitrogens with zero attached hydrogens (tertiary/aromatic N) is 2. The van der Waals surface area contributed by atoms with Gasteiger partial charge in [0.15, 0.2) is 18.1 Å². The SMILES string of the molecule is COc1cccc(C(=O)N2CCN(C(=O)COc3cccc(O)c3)CC2)c1OC. The fraction of sp³-hybridized carbons (Fsp3) is 0.333. The van der Waals surface area contributed by atoms with Gasteiger partial charge in [-0.25, -0.2) is 0 Å². The van der Waals surface area contributed by atoms with Crippen molar-refractivity contribution in [3.05, 3.63) is 48.0 Å². The van der Waals surface area contributed by atoms with E-state index >= 15 is 0 Å². The molecule has 1 saturated heterocycles. The first-order valence-electron chi connectivity index (χ1n) is 9.23. The second kappa shape index (κ2) is 9.18. The number of piperazine rings is 1. The smallest absolute Gasteiger partial charge is 0.260 e. The Balaban J connectivity index is 1.56. The monoisotopic (exact) mass is 400 g/mol. The summed E-state index contributed by atoms with van der Waals surface area (Å²) in [6, 6.07) is 11.5. The van der Waals surface area contributed by atoms with Crippen LogP contribution in [0, 0.1) is 0 Å². The molecule has 154 valence electrons. The molecule has 1 N–H and O–H groups in total. The Kier molecular flexibility index (Phi) is 6.43. The maximum Gasteiger partial charge on any atom is 0.260 e. The van der Waals surface area contributed by atoms with Crippen molar-refractivity contribution in [1.29, 1.82) is 0 Å². The zero-order valence-electron chi connectivity index (χ0n) is 16.5. The Labute approximate surface area is 169 Å². The van der Waals surface area contributed by atoms with Crippen LogP contribution < -0.4 is 14.2 Å². The summed E-state index contributed by atoms with van der Waals surface area (Å²) in [7, 11) is 3.02. The lowest BCUT2D eigenvalue weighted by atomic mass is 10.1. The third-order valence-corrected chi connectivity index (χ3v) is 4.73. The van der Waals surface area contributed by atoms with Crippen LogP contribution in [0.3, 0.4) is 0 Å². The van der Waals surface area contributed by atoms with E-state index in [0.717, 1.165) is 0 Å². The minimum atomic E-state index is -0.167. The number of hydrogen-bond acceptors (Lipinski definition) is 6. The molecule has 2 aromatic carbocycles. The van der Waals surface area contributed by atoms with Crippen LogP contribution in [0.15, 0.2) is 42.5 Å².